The quantitative estimate of drug-likeness (QED) is 0.0239. The largest absolute Gasteiger partial charge is 0.495 e. The van der Waals surface area contributed by atoms with Crippen LogP contribution >= 0.6 is 27.5 Å². The van der Waals surface area contributed by atoms with E-state index in [9.17, 15) is 34.2 Å². The fraction of sp³-hybridized carbons (Fsp3) is 0.299. The molecule has 14 aromatic rings. The summed E-state index contributed by atoms with van der Waals surface area (Å²) in [5, 5.41) is 36.1. The number of hydrogen-bond acceptors (Lipinski definition) is 19. The van der Waals surface area contributed by atoms with Crippen molar-refractivity contribution in [2.75, 3.05) is 13.2 Å². The van der Waals surface area contributed by atoms with Gasteiger partial charge in [-0.1, -0.05) is 223 Å². The van der Waals surface area contributed by atoms with Gasteiger partial charge in [-0.25, -0.2) is 15.0 Å². The molecular formula is C117H129B3BrClN4O17. The fourth-order valence-electron chi connectivity index (χ4n) is 15.8. The Labute approximate surface area is 854 Å². The number of oxazole rings is 3. The Balaban J connectivity index is 0.000000165. The highest BCUT2D eigenvalue weighted by atomic mass is 79.9. The number of aromatic nitrogens is 3. The summed E-state index contributed by atoms with van der Waals surface area (Å²) in [6.07, 6.45) is 25.5. The van der Waals surface area contributed by atoms with E-state index in [4.69, 9.17) is 64.1 Å². The minimum Gasteiger partial charge on any atom is -0.481 e. The molecule has 742 valence electrons. The molecule has 3 aliphatic rings. The summed E-state index contributed by atoms with van der Waals surface area (Å²) >= 11 is 9.42. The maximum atomic E-state index is 11.5. The van der Waals surface area contributed by atoms with Gasteiger partial charge in [-0.3, -0.25) is 24.0 Å². The molecule has 0 aliphatic carbocycles. The molecular weight excluding hydrogens is 1880 g/mol. The van der Waals surface area contributed by atoms with Gasteiger partial charge in [0.1, 0.15) is 40.9 Å². The van der Waals surface area contributed by atoms with Crippen molar-refractivity contribution in [2.24, 2.45) is 16.6 Å². The van der Waals surface area contributed by atoms with Crippen molar-refractivity contribution in [1.82, 2.24) is 15.0 Å². The van der Waals surface area contributed by atoms with Gasteiger partial charge in [0.15, 0.2) is 35.9 Å². The van der Waals surface area contributed by atoms with E-state index >= 15 is 0 Å². The van der Waals surface area contributed by atoms with Crippen LogP contribution in [-0.4, -0.2) is 134 Å². The summed E-state index contributed by atoms with van der Waals surface area (Å²) in [6.45, 7) is 43.8. The zero-order valence-electron chi connectivity index (χ0n) is 85.7. The number of carbonyl (C=O) groups excluding carboxylic acids is 3. The van der Waals surface area contributed by atoms with E-state index < -0.39 is 29.5 Å². The van der Waals surface area contributed by atoms with E-state index in [0.29, 0.717) is 29.5 Å². The summed E-state index contributed by atoms with van der Waals surface area (Å²) in [7, 11) is -0.625. The molecule has 11 aromatic carbocycles. The highest BCUT2D eigenvalue weighted by Crippen LogP contribution is 2.49. The fourth-order valence-corrected chi connectivity index (χ4v) is 16.3. The van der Waals surface area contributed by atoms with E-state index in [-0.39, 0.29) is 61.0 Å². The molecule has 3 aliphatic heterocycles. The summed E-state index contributed by atoms with van der Waals surface area (Å²) in [4.78, 5) is 66.7. The number of aliphatic hydroxyl groups is 2. The number of halogens is 2. The Kier molecular flexibility index (Phi) is 36.6. The lowest BCUT2D eigenvalue weighted by atomic mass is 9.33. The zero-order chi connectivity index (χ0) is 104. The first-order chi connectivity index (χ1) is 67.5. The zero-order valence-corrected chi connectivity index (χ0v) is 88.0. The average Bonchev–Trinajstić information content (AvgIpc) is 1.59. The number of rotatable bonds is 22. The molecule has 26 heteroatoms. The van der Waals surface area contributed by atoms with E-state index in [1.807, 2.05) is 167 Å². The topological polar surface area (TPSA) is 317 Å². The van der Waals surface area contributed by atoms with Crippen LogP contribution in [0.3, 0.4) is 0 Å². The number of aliphatic hydroxyl groups excluding tert-OH is 2. The first-order valence-corrected chi connectivity index (χ1v) is 48.7. The van der Waals surface area contributed by atoms with Crippen molar-refractivity contribution in [3.63, 3.8) is 0 Å². The molecule has 0 saturated carbocycles. The Morgan fingerprint density at radius 1 is 0.420 bits per heavy atom. The number of benzene rings is 11. The minimum absolute atomic E-state index is 0.0241. The molecule has 6 N–H and O–H groups in total. The Morgan fingerprint density at radius 3 is 1.17 bits per heavy atom. The van der Waals surface area contributed by atoms with Crippen molar-refractivity contribution in [3.05, 3.63) is 340 Å². The third-order valence-electron chi connectivity index (χ3n) is 28.0. The number of fused-ring (bicyclic) bond motifs is 3. The first-order valence-electron chi connectivity index (χ1n) is 47.5. The van der Waals surface area contributed by atoms with Gasteiger partial charge in [0, 0.05) is 31.8 Å². The van der Waals surface area contributed by atoms with Gasteiger partial charge < -0.3 is 62.7 Å². The minimum atomic E-state index is -1.49. The molecule has 3 aromatic heterocycles. The molecule has 0 bridgehead atoms. The molecule has 0 radical (unpaired) electrons. The molecule has 0 spiro atoms. The number of carboxylic acids is 2. The monoisotopic (exact) mass is 2010 g/mol. The van der Waals surface area contributed by atoms with Crippen LogP contribution in [-0.2, 0) is 39.3 Å². The van der Waals surface area contributed by atoms with Gasteiger partial charge >= 0.3 is 32.9 Å². The van der Waals surface area contributed by atoms with E-state index in [1.165, 1.54) is 37.2 Å². The molecule has 3 fully saturated rings. The first kappa shape index (κ1) is 111. The van der Waals surface area contributed by atoms with Gasteiger partial charge in [-0.15, -0.1) is 0 Å². The number of aldehydes is 3. The normalized spacial score (nSPS) is 16.0. The number of carbonyl (C=O) groups is 5. The summed E-state index contributed by atoms with van der Waals surface area (Å²) < 4.78 is 47.8. The number of nitrogens with zero attached hydrogens (tertiary/aromatic N) is 3. The SMILES string of the molecule is Brc1ccc2ncoc2c1.CC1(C)CB(B2OC(C)(C)C(C)(C)O2)OC1(C)C.C[C@](N)(CO)C(=O)O.Cc1ccc(C=O)cc1/C=C/c1cccc(-c2ccc3ncoc3c2)c1C.Cc1ccc(C=O)cc1/C=C/c1cccc(B2OC(C)(C)C(C)(C)O2)c1C.Cc1ccc(C=O)cc1/C=C/c1cccc(Cl)c1C.Cc1ccc(CC[C@@](C)(CO)C(=O)O)cc1/C=C/c1cccc(-c2ccc3ncoc3c2)c1C. The second kappa shape index (κ2) is 47.3. The van der Waals surface area contributed by atoms with Gasteiger partial charge in [0.25, 0.3) is 0 Å². The van der Waals surface area contributed by atoms with Gasteiger partial charge in [-0.2, -0.15) is 0 Å². The second-order valence-electron chi connectivity index (χ2n) is 40.2. The molecule has 6 heterocycles. The smallest absolute Gasteiger partial charge is 0.481 e. The van der Waals surface area contributed by atoms with Crippen LogP contribution in [0.2, 0.25) is 11.3 Å². The summed E-state index contributed by atoms with van der Waals surface area (Å²) in [5.41, 5.74) is 32.5. The number of carboxylic acid groups (broad SMARTS) is 2. The third-order valence-corrected chi connectivity index (χ3v) is 28.9. The van der Waals surface area contributed by atoms with Crippen molar-refractivity contribution in [3.8, 4) is 22.3 Å². The highest BCUT2D eigenvalue weighted by molar-refractivity contribution is 9.10. The van der Waals surface area contributed by atoms with Crippen molar-refractivity contribution in [1.29, 1.82) is 0 Å². The Hall–Kier alpha value is -12.6. The van der Waals surface area contributed by atoms with Crippen LogP contribution < -0.4 is 11.2 Å². The van der Waals surface area contributed by atoms with E-state index in [2.05, 4.69) is 251 Å². The summed E-state index contributed by atoms with van der Waals surface area (Å²) in [6, 6.07) is 65.7. The number of aliphatic carboxylic acids is 2. The molecule has 143 heavy (non-hydrogen) atoms. The van der Waals surface area contributed by atoms with Crippen molar-refractivity contribution >= 4 is 167 Å². The van der Waals surface area contributed by atoms with E-state index in [1.54, 1.807) is 6.92 Å². The standard InChI is InChI=1S/C29H29NO4.C24H19NO2.C23H27BO3.C17H15ClO.C13H26B2O3.C7H4BrNO.C4H9NO3/c1-19-7-8-21(13-14-29(3,17-31)28(32)33)15-23(19)10-9-22-5-4-6-25(20(22)2)24-11-12-26-27(16-24)34-18-30-26;1-16-6-7-18(14-26)12-20(16)9-8-19-4-3-5-22(17(19)2)21-10-11-23-24(13-21)27-15-25-23;1-16-10-11-18(15-25)14-20(16)13-12-19-8-7-9-21(17(19)2)24-26-22(3,4)23(5,6)27-24;1-12-6-7-14(11-19)10-16(12)9-8-15-4-3-5-17(18)13(15)2;1-10(2)9-14(16-11(10,3)4)15-17-12(5,6)13(7,8)18-15;8-5-1-2-6-7(3-5)10-4-9-6;1-4(5,2-6)3(7)8/h4-12,15-16,18,31H,13-14,17H2,1-3H3,(H,32,33);3-15H,1-2H3;7-15H,1-6H3;3-11H,1-2H3;9H2,1-8H3;1-4H;6H,2,5H2,1H3,(H,7,8)/b10-9+;9-8+;13-12+;9-8+;;;/t29-;;;;;;4-/m0.....0/s1. The highest BCUT2D eigenvalue weighted by Gasteiger charge is 2.62. The average molecular weight is 2010 g/mol. The van der Waals surface area contributed by atoms with Gasteiger partial charge in [0.05, 0.1) is 41.0 Å². The second-order valence-corrected chi connectivity index (χ2v) is 41.5. The van der Waals surface area contributed by atoms with Crippen LogP contribution in [0.4, 0.5) is 0 Å². The number of hydrogen-bond donors (Lipinski definition) is 5. The van der Waals surface area contributed by atoms with Gasteiger partial charge in [-0.05, 0) is 352 Å². The van der Waals surface area contributed by atoms with Crippen molar-refractivity contribution < 1.29 is 80.9 Å². The molecule has 2 atom stereocenters. The van der Waals surface area contributed by atoms with Crippen LogP contribution in [0.1, 0.15) is 229 Å². The molecule has 17 rings (SSSR count). The molecule has 3 saturated heterocycles. The molecule has 0 unspecified atom stereocenters. The Bertz CT molecular complexity index is 6960. The van der Waals surface area contributed by atoms with Crippen LogP contribution in [0.25, 0.3) is 104 Å². The van der Waals surface area contributed by atoms with Gasteiger partial charge in [0.2, 0.25) is 0 Å². The third kappa shape index (κ3) is 27.7. The lowest BCUT2D eigenvalue weighted by Gasteiger charge is -2.34. The maximum absolute atomic E-state index is 11.5. The predicted octanol–water partition coefficient (Wildman–Crippen LogP) is 26.3. The lowest BCUT2D eigenvalue weighted by molar-refractivity contribution is -0.150. The van der Waals surface area contributed by atoms with Crippen molar-refractivity contribution in [2.45, 2.75) is 205 Å². The lowest BCUT2D eigenvalue weighted by Crippen LogP contribution is -2.48. The van der Waals surface area contributed by atoms with Crippen LogP contribution in [0.5, 0.6) is 0 Å². The summed E-state index contributed by atoms with van der Waals surface area (Å²) in [5.74, 6) is -2.17. The number of aryl methyl sites for hydroxylation is 5. The Morgan fingerprint density at radius 2 is 0.790 bits per heavy atom. The maximum Gasteiger partial charge on any atom is 0.495 e. The van der Waals surface area contributed by atoms with Crippen LogP contribution in [0.15, 0.2) is 237 Å². The number of nitrogens with two attached hydrogens (primary N) is 1. The predicted molar refractivity (Wildman–Crippen MR) is 584 cm³/mol. The van der Waals surface area contributed by atoms with Crippen LogP contribution in [0, 0.1) is 66.2 Å². The molecule has 0 amide bonds. The molecule has 21 nitrogen and oxygen atoms in total. The van der Waals surface area contributed by atoms with E-state index in [0.717, 1.165) is 179 Å².